The maximum absolute atomic E-state index is 12.6. The predicted molar refractivity (Wildman–Crippen MR) is 91.8 cm³/mol. The molecule has 0 aliphatic carbocycles. The number of halogens is 1. The molecule has 23 heavy (non-hydrogen) atoms. The van der Waals surface area contributed by atoms with E-state index in [0.29, 0.717) is 12.2 Å². The van der Waals surface area contributed by atoms with Crippen LogP contribution in [0, 0.1) is 0 Å². The van der Waals surface area contributed by atoms with Crippen LogP contribution in [0.25, 0.3) is 5.69 Å². The number of amides is 1. The number of carbonyl (C=O) groups excluding carboxylic acids is 1. The summed E-state index contributed by atoms with van der Waals surface area (Å²) in [4.78, 5) is 15.9. The number of nitrogens with zero attached hydrogens (tertiary/aromatic N) is 4. The van der Waals surface area contributed by atoms with Crippen molar-refractivity contribution in [1.82, 2.24) is 19.9 Å². The molecule has 1 aliphatic rings. The molecule has 3 aromatic rings. The smallest absolute Gasteiger partial charge is 0.276 e. The third-order valence-corrected chi connectivity index (χ3v) is 5.40. The number of carbonyl (C=O) groups is 1. The van der Waals surface area contributed by atoms with E-state index in [0.717, 1.165) is 23.1 Å². The molecule has 0 bridgehead atoms. The Kier molecular flexibility index (Phi) is 3.74. The molecule has 116 valence electrons. The average Bonchev–Trinajstić information content (AvgIpc) is 3.22. The largest absolute Gasteiger partial charge is 0.332 e. The van der Waals surface area contributed by atoms with E-state index in [2.05, 4.69) is 37.7 Å². The highest BCUT2D eigenvalue weighted by molar-refractivity contribution is 9.10. The van der Waals surface area contributed by atoms with Gasteiger partial charge in [-0.3, -0.25) is 4.79 Å². The van der Waals surface area contributed by atoms with Crippen LogP contribution in [0.3, 0.4) is 0 Å². The number of hydrogen-bond acceptors (Lipinski definition) is 4. The van der Waals surface area contributed by atoms with Crippen molar-refractivity contribution in [2.75, 3.05) is 6.54 Å². The standard InChI is InChI=1S/C16H13BrN4OS/c17-12-2-1-3-13(8-12)21-10-14(18-19-21)16(22)20-6-4-15-11(9-20)5-7-23-15/h1-3,5,7-8,10H,4,6,9H2. The molecule has 7 heteroatoms. The zero-order valence-electron chi connectivity index (χ0n) is 12.1. The minimum atomic E-state index is -0.0666. The SMILES string of the molecule is O=C(c1cn(-c2cccc(Br)c2)nn1)N1CCc2sccc2C1. The third kappa shape index (κ3) is 2.82. The number of hydrogen-bond donors (Lipinski definition) is 0. The molecule has 0 radical (unpaired) electrons. The Morgan fingerprint density at radius 1 is 1.30 bits per heavy atom. The molecular formula is C16H13BrN4OS. The first-order valence-corrected chi connectivity index (χ1v) is 8.91. The molecule has 0 atom stereocenters. The van der Waals surface area contributed by atoms with Gasteiger partial charge in [0.2, 0.25) is 0 Å². The molecule has 2 aromatic heterocycles. The van der Waals surface area contributed by atoms with Gasteiger partial charge < -0.3 is 4.90 Å². The van der Waals surface area contributed by atoms with E-state index < -0.39 is 0 Å². The summed E-state index contributed by atoms with van der Waals surface area (Å²) in [6.45, 7) is 1.39. The van der Waals surface area contributed by atoms with Gasteiger partial charge in [0.15, 0.2) is 5.69 Å². The second kappa shape index (κ2) is 5.90. The summed E-state index contributed by atoms with van der Waals surface area (Å²) >= 11 is 5.20. The van der Waals surface area contributed by atoms with Crippen LogP contribution in [-0.2, 0) is 13.0 Å². The van der Waals surface area contributed by atoms with E-state index in [-0.39, 0.29) is 5.91 Å². The zero-order valence-corrected chi connectivity index (χ0v) is 14.5. The first kappa shape index (κ1) is 14.6. The fourth-order valence-corrected chi connectivity index (χ4v) is 3.97. The molecule has 1 aliphatic heterocycles. The van der Waals surface area contributed by atoms with E-state index in [1.54, 1.807) is 22.2 Å². The van der Waals surface area contributed by atoms with Gasteiger partial charge in [-0.2, -0.15) is 0 Å². The highest BCUT2D eigenvalue weighted by atomic mass is 79.9. The van der Waals surface area contributed by atoms with Crippen molar-refractivity contribution in [3.05, 3.63) is 62.5 Å². The van der Waals surface area contributed by atoms with E-state index in [1.165, 1.54) is 10.4 Å². The van der Waals surface area contributed by atoms with Crippen LogP contribution in [0.5, 0.6) is 0 Å². The summed E-state index contributed by atoms with van der Waals surface area (Å²) in [7, 11) is 0. The second-order valence-electron chi connectivity index (χ2n) is 5.37. The van der Waals surface area contributed by atoms with E-state index in [4.69, 9.17) is 0 Å². The van der Waals surface area contributed by atoms with Crippen LogP contribution in [0.2, 0.25) is 0 Å². The van der Waals surface area contributed by atoms with Gasteiger partial charge in [-0.15, -0.1) is 16.4 Å². The summed E-state index contributed by atoms with van der Waals surface area (Å²) in [6, 6.07) is 9.81. The quantitative estimate of drug-likeness (QED) is 0.676. The van der Waals surface area contributed by atoms with Gasteiger partial charge in [-0.25, -0.2) is 4.68 Å². The van der Waals surface area contributed by atoms with Crippen LogP contribution in [0.15, 0.2) is 46.4 Å². The lowest BCUT2D eigenvalue weighted by molar-refractivity contribution is 0.0730. The molecule has 0 spiro atoms. The van der Waals surface area contributed by atoms with Gasteiger partial charge in [-0.1, -0.05) is 27.2 Å². The predicted octanol–water partition coefficient (Wildman–Crippen LogP) is 3.29. The van der Waals surface area contributed by atoms with Crippen molar-refractivity contribution in [3.63, 3.8) is 0 Å². The number of fused-ring (bicyclic) bond motifs is 1. The Balaban J connectivity index is 1.56. The summed E-state index contributed by atoms with van der Waals surface area (Å²) < 4.78 is 2.58. The minimum absolute atomic E-state index is 0.0666. The molecule has 1 aromatic carbocycles. The third-order valence-electron chi connectivity index (χ3n) is 3.88. The van der Waals surface area contributed by atoms with Crippen LogP contribution in [0.4, 0.5) is 0 Å². The fourth-order valence-electron chi connectivity index (χ4n) is 2.69. The minimum Gasteiger partial charge on any atom is -0.332 e. The van der Waals surface area contributed by atoms with E-state index in [9.17, 15) is 4.79 Å². The molecule has 0 saturated carbocycles. The first-order chi connectivity index (χ1) is 11.2. The molecule has 5 nitrogen and oxygen atoms in total. The van der Waals surface area contributed by atoms with Gasteiger partial charge >= 0.3 is 0 Å². The van der Waals surface area contributed by atoms with Crippen molar-refractivity contribution < 1.29 is 4.79 Å². The highest BCUT2D eigenvalue weighted by Gasteiger charge is 2.24. The summed E-state index contributed by atoms with van der Waals surface area (Å²) in [5.74, 6) is -0.0666. The molecule has 3 heterocycles. The first-order valence-electron chi connectivity index (χ1n) is 7.23. The zero-order chi connectivity index (χ0) is 15.8. The van der Waals surface area contributed by atoms with Gasteiger partial charge in [-0.05, 0) is 41.6 Å². The number of rotatable bonds is 2. The van der Waals surface area contributed by atoms with E-state index >= 15 is 0 Å². The van der Waals surface area contributed by atoms with Crippen molar-refractivity contribution in [2.45, 2.75) is 13.0 Å². The Morgan fingerprint density at radius 3 is 3.09 bits per heavy atom. The van der Waals surface area contributed by atoms with Gasteiger partial charge in [0.25, 0.3) is 5.91 Å². The van der Waals surface area contributed by atoms with E-state index in [1.807, 2.05) is 29.2 Å². The Hall–Kier alpha value is -1.99. The molecule has 0 fully saturated rings. The Bertz CT molecular complexity index is 872. The maximum atomic E-state index is 12.6. The van der Waals surface area contributed by atoms with Crippen molar-refractivity contribution in [2.24, 2.45) is 0 Å². The van der Waals surface area contributed by atoms with Crippen molar-refractivity contribution in [1.29, 1.82) is 0 Å². The molecule has 0 unspecified atom stereocenters. The lowest BCUT2D eigenvalue weighted by Gasteiger charge is -2.26. The summed E-state index contributed by atoms with van der Waals surface area (Å²) in [5, 5.41) is 10.2. The van der Waals surface area contributed by atoms with Crippen LogP contribution in [-0.4, -0.2) is 32.3 Å². The monoisotopic (exact) mass is 388 g/mol. The topological polar surface area (TPSA) is 51.0 Å². The fraction of sp³-hybridized carbons (Fsp3) is 0.188. The lowest BCUT2D eigenvalue weighted by atomic mass is 10.1. The molecule has 1 amide bonds. The number of thiophene rings is 1. The molecule has 0 N–H and O–H groups in total. The number of aromatic nitrogens is 3. The maximum Gasteiger partial charge on any atom is 0.276 e. The highest BCUT2D eigenvalue weighted by Crippen LogP contribution is 2.25. The summed E-state index contributed by atoms with van der Waals surface area (Å²) in [5.41, 5.74) is 2.49. The molecular weight excluding hydrogens is 376 g/mol. The van der Waals surface area contributed by atoms with Crippen molar-refractivity contribution in [3.8, 4) is 5.69 Å². The van der Waals surface area contributed by atoms with Gasteiger partial charge in [0.1, 0.15) is 0 Å². The molecule has 4 rings (SSSR count). The Labute approximate surface area is 145 Å². The summed E-state index contributed by atoms with van der Waals surface area (Å²) in [6.07, 6.45) is 2.60. The van der Waals surface area contributed by atoms with Gasteiger partial charge in [0, 0.05) is 22.4 Å². The van der Waals surface area contributed by atoms with Gasteiger partial charge in [0.05, 0.1) is 11.9 Å². The number of benzene rings is 1. The normalized spacial score (nSPS) is 13.9. The van der Waals surface area contributed by atoms with Crippen LogP contribution in [0.1, 0.15) is 20.9 Å². The lowest BCUT2D eigenvalue weighted by Crippen LogP contribution is -2.35. The van der Waals surface area contributed by atoms with Crippen LogP contribution >= 0.6 is 27.3 Å². The van der Waals surface area contributed by atoms with Crippen LogP contribution < -0.4 is 0 Å². The molecule has 0 saturated heterocycles. The average molecular weight is 389 g/mol. The second-order valence-corrected chi connectivity index (χ2v) is 7.29. The Morgan fingerprint density at radius 2 is 2.22 bits per heavy atom. The van der Waals surface area contributed by atoms with Crippen molar-refractivity contribution >= 4 is 33.2 Å².